The highest BCUT2D eigenvalue weighted by Gasteiger charge is 2.28. The fourth-order valence-electron chi connectivity index (χ4n) is 4.00. The lowest BCUT2D eigenvalue weighted by Gasteiger charge is -2.30. The minimum absolute atomic E-state index is 0.0561. The van der Waals surface area contributed by atoms with Crippen LogP contribution in [0.15, 0.2) is 22.7 Å². The van der Waals surface area contributed by atoms with Gasteiger partial charge in [0.1, 0.15) is 11.9 Å². The van der Waals surface area contributed by atoms with E-state index in [-0.39, 0.29) is 36.3 Å². The van der Waals surface area contributed by atoms with Crippen LogP contribution in [-0.2, 0) is 16.1 Å². The summed E-state index contributed by atoms with van der Waals surface area (Å²) in [4.78, 5) is 26.1. The summed E-state index contributed by atoms with van der Waals surface area (Å²) >= 11 is 3.62. The summed E-state index contributed by atoms with van der Waals surface area (Å²) in [7, 11) is 0. The van der Waals surface area contributed by atoms with Crippen LogP contribution in [-0.4, -0.2) is 55.0 Å². The van der Waals surface area contributed by atoms with Crippen LogP contribution in [0.2, 0.25) is 0 Å². The maximum Gasteiger partial charge on any atom is 0.223 e. The standard InChI is InChI=1S/C21H31BrN4O3/c1-14(8-20(23)27)9-21(28)26(16-4-6-24-11-16)13-15-2-3-19(18(22)10-15)29-17-5-7-25-12-17/h2-3,10,14,16-17,24-25H,4-9,11-13H2,1H3,(H2,23,27)/t14-,16?,17+/m0/s1. The van der Waals surface area contributed by atoms with E-state index in [0.29, 0.717) is 13.0 Å². The van der Waals surface area contributed by atoms with Gasteiger partial charge in [0.25, 0.3) is 0 Å². The Morgan fingerprint density at radius 3 is 2.62 bits per heavy atom. The van der Waals surface area contributed by atoms with Gasteiger partial charge in [0, 0.05) is 38.5 Å². The van der Waals surface area contributed by atoms with Crippen molar-refractivity contribution in [3.05, 3.63) is 28.2 Å². The van der Waals surface area contributed by atoms with E-state index >= 15 is 0 Å². The number of amides is 2. The Kier molecular flexibility index (Phi) is 7.91. The Morgan fingerprint density at radius 2 is 2.00 bits per heavy atom. The van der Waals surface area contributed by atoms with Crippen molar-refractivity contribution >= 4 is 27.7 Å². The van der Waals surface area contributed by atoms with Crippen molar-refractivity contribution in [1.29, 1.82) is 0 Å². The molecule has 3 atom stereocenters. The second-order valence-electron chi connectivity index (χ2n) is 8.15. The van der Waals surface area contributed by atoms with Crippen LogP contribution in [0.25, 0.3) is 0 Å². The third kappa shape index (κ3) is 6.42. The number of hydrogen-bond acceptors (Lipinski definition) is 5. The molecule has 1 aromatic rings. The average Bonchev–Trinajstić information content (AvgIpc) is 3.34. The normalized spacial score (nSPS) is 22.4. The molecule has 0 spiro atoms. The topological polar surface area (TPSA) is 96.7 Å². The molecular formula is C21H31BrN4O3. The summed E-state index contributed by atoms with van der Waals surface area (Å²) in [6, 6.07) is 6.20. The molecule has 160 valence electrons. The van der Waals surface area contributed by atoms with E-state index < -0.39 is 0 Å². The molecule has 1 unspecified atom stereocenters. The molecule has 29 heavy (non-hydrogen) atoms. The first-order chi connectivity index (χ1) is 13.9. The number of benzene rings is 1. The predicted octanol–water partition coefficient (Wildman–Crippen LogP) is 1.78. The highest BCUT2D eigenvalue weighted by Crippen LogP contribution is 2.29. The van der Waals surface area contributed by atoms with Gasteiger partial charge in [-0.25, -0.2) is 0 Å². The van der Waals surface area contributed by atoms with Crippen molar-refractivity contribution in [3.8, 4) is 5.75 Å². The fourth-order valence-corrected chi connectivity index (χ4v) is 4.52. The molecule has 1 aromatic carbocycles. The third-order valence-corrected chi connectivity index (χ3v) is 6.15. The van der Waals surface area contributed by atoms with E-state index in [1.54, 1.807) is 0 Å². The van der Waals surface area contributed by atoms with Crippen molar-refractivity contribution < 1.29 is 14.3 Å². The summed E-state index contributed by atoms with van der Waals surface area (Å²) in [5.41, 5.74) is 6.34. The second-order valence-corrected chi connectivity index (χ2v) is 9.00. The monoisotopic (exact) mass is 466 g/mol. The van der Waals surface area contributed by atoms with Crippen LogP contribution >= 0.6 is 15.9 Å². The highest BCUT2D eigenvalue weighted by molar-refractivity contribution is 9.10. The van der Waals surface area contributed by atoms with Crippen LogP contribution in [0.1, 0.15) is 38.2 Å². The zero-order valence-corrected chi connectivity index (χ0v) is 18.5. The van der Waals surface area contributed by atoms with E-state index in [1.165, 1.54) is 0 Å². The summed E-state index contributed by atoms with van der Waals surface area (Å²) in [6.45, 7) is 6.01. The molecule has 2 saturated heterocycles. The molecule has 2 aliphatic rings. The quantitative estimate of drug-likeness (QED) is 0.515. The lowest BCUT2D eigenvalue weighted by Crippen LogP contribution is -2.41. The molecule has 4 N–H and O–H groups in total. The zero-order chi connectivity index (χ0) is 20.8. The fraction of sp³-hybridized carbons (Fsp3) is 0.619. The van der Waals surface area contributed by atoms with Gasteiger partial charge in [-0.05, 0) is 65.5 Å². The Labute approximate surface area is 180 Å². The molecule has 0 radical (unpaired) electrons. The van der Waals surface area contributed by atoms with Gasteiger partial charge < -0.3 is 26.0 Å². The summed E-state index contributed by atoms with van der Waals surface area (Å²) in [5, 5.41) is 6.64. The van der Waals surface area contributed by atoms with Gasteiger partial charge in [-0.1, -0.05) is 13.0 Å². The molecule has 0 saturated carbocycles. The molecule has 7 nitrogen and oxygen atoms in total. The number of primary amides is 1. The van der Waals surface area contributed by atoms with Crippen molar-refractivity contribution in [1.82, 2.24) is 15.5 Å². The smallest absolute Gasteiger partial charge is 0.223 e. The molecule has 0 aromatic heterocycles. The molecule has 8 heteroatoms. The average molecular weight is 467 g/mol. The first-order valence-electron chi connectivity index (χ1n) is 10.4. The maximum absolute atomic E-state index is 13.0. The molecule has 0 aliphatic carbocycles. The Balaban J connectivity index is 1.67. The largest absolute Gasteiger partial charge is 0.488 e. The number of carbonyl (C=O) groups is 2. The van der Waals surface area contributed by atoms with Crippen molar-refractivity contribution in [2.75, 3.05) is 26.2 Å². The first-order valence-corrected chi connectivity index (χ1v) is 11.2. The van der Waals surface area contributed by atoms with Gasteiger partial charge >= 0.3 is 0 Å². The zero-order valence-electron chi connectivity index (χ0n) is 17.0. The van der Waals surface area contributed by atoms with Crippen LogP contribution in [0.3, 0.4) is 0 Å². The number of hydrogen-bond donors (Lipinski definition) is 3. The number of nitrogens with two attached hydrogens (primary N) is 1. The minimum atomic E-state index is -0.364. The lowest BCUT2D eigenvalue weighted by atomic mass is 10.0. The Hall–Kier alpha value is -1.64. The highest BCUT2D eigenvalue weighted by atomic mass is 79.9. The van der Waals surface area contributed by atoms with Crippen molar-refractivity contribution in [2.24, 2.45) is 11.7 Å². The van der Waals surface area contributed by atoms with E-state index in [0.717, 1.165) is 54.8 Å². The minimum Gasteiger partial charge on any atom is -0.488 e. The molecular weight excluding hydrogens is 436 g/mol. The van der Waals surface area contributed by atoms with Crippen molar-refractivity contribution in [2.45, 2.75) is 51.3 Å². The molecule has 2 aliphatic heterocycles. The predicted molar refractivity (Wildman–Crippen MR) is 115 cm³/mol. The van der Waals surface area contributed by atoms with Crippen LogP contribution in [0.5, 0.6) is 5.75 Å². The van der Waals surface area contributed by atoms with Crippen LogP contribution in [0, 0.1) is 5.92 Å². The maximum atomic E-state index is 13.0. The first kappa shape index (κ1) is 22.1. The van der Waals surface area contributed by atoms with Gasteiger partial charge in [0.2, 0.25) is 11.8 Å². The Bertz CT molecular complexity index is 718. The van der Waals surface area contributed by atoms with Gasteiger partial charge in [-0.15, -0.1) is 0 Å². The van der Waals surface area contributed by atoms with Crippen LogP contribution < -0.4 is 21.1 Å². The molecule has 0 bridgehead atoms. The number of carbonyl (C=O) groups excluding carboxylic acids is 2. The van der Waals surface area contributed by atoms with Crippen molar-refractivity contribution in [3.63, 3.8) is 0 Å². The van der Waals surface area contributed by atoms with Gasteiger partial charge in [-0.3, -0.25) is 9.59 Å². The van der Waals surface area contributed by atoms with E-state index in [2.05, 4.69) is 26.6 Å². The number of rotatable bonds is 9. The second kappa shape index (κ2) is 10.4. The number of nitrogens with zero attached hydrogens (tertiary/aromatic N) is 1. The number of ether oxygens (including phenoxy) is 1. The van der Waals surface area contributed by atoms with Gasteiger partial charge in [0.15, 0.2) is 0 Å². The molecule has 2 fully saturated rings. The SMILES string of the molecule is C[C@@H](CC(N)=O)CC(=O)N(Cc1ccc(O[C@@H]2CCNC2)c(Br)c1)C1CCNC1. The van der Waals surface area contributed by atoms with E-state index in [9.17, 15) is 9.59 Å². The third-order valence-electron chi connectivity index (χ3n) is 5.53. The number of halogens is 1. The summed E-state index contributed by atoms with van der Waals surface area (Å²) < 4.78 is 6.96. The summed E-state index contributed by atoms with van der Waals surface area (Å²) in [5.74, 6) is 0.481. The van der Waals surface area contributed by atoms with E-state index in [1.807, 2.05) is 30.0 Å². The van der Waals surface area contributed by atoms with Gasteiger partial charge in [-0.2, -0.15) is 0 Å². The Morgan fingerprint density at radius 1 is 1.24 bits per heavy atom. The number of nitrogens with one attached hydrogen (secondary N) is 2. The van der Waals surface area contributed by atoms with Gasteiger partial charge in [0.05, 0.1) is 4.47 Å². The van der Waals surface area contributed by atoms with Crippen LogP contribution in [0.4, 0.5) is 0 Å². The molecule has 2 heterocycles. The van der Waals surface area contributed by atoms with E-state index in [4.69, 9.17) is 10.5 Å². The lowest BCUT2D eigenvalue weighted by molar-refractivity contribution is -0.135. The molecule has 2 amide bonds. The summed E-state index contributed by atoms with van der Waals surface area (Å²) in [6.07, 6.45) is 2.71. The molecule has 3 rings (SSSR count).